The molecule has 1 saturated heterocycles. The molecule has 2 aromatic rings. The van der Waals surface area contributed by atoms with Crippen molar-refractivity contribution in [3.8, 4) is 0 Å². The molecule has 33 heavy (non-hydrogen) atoms. The fourth-order valence-corrected chi connectivity index (χ4v) is 6.80. The van der Waals surface area contributed by atoms with Gasteiger partial charge in [0.25, 0.3) is 0 Å². The number of carbonyl (C=O) groups excluding carboxylic acids is 1. The van der Waals surface area contributed by atoms with Crippen molar-refractivity contribution in [2.45, 2.75) is 70.6 Å². The molecule has 2 aromatic carbocycles. The average molecular weight is 469 g/mol. The molecule has 1 aliphatic heterocycles. The molecule has 1 aliphatic carbocycles. The fourth-order valence-electron chi connectivity index (χ4n) is 5.14. The maximum atomic E-state index is 13.0. The monoisotopic (exact) mass is 468 g/mol. The topological polar surface area (TPSA) is 66.5 Å². The van der Waals surface area contributed by atoms with E-state index in [4.69, 9.17) is 0 Å². The van der Waals surface area contributed by atoms with E-state index in [1.807, 2.05) is 31.2 Å². The minimum Gasteiger partial charge on any atom is -0.349 e. The molecular weight excluding hydrogens is 432 g/mol. The highest BCUT2D eigenvalue weighted by Gasteiger charge is 2.32. The quantitative estimate of drug-likeness (QED) is 0.641. The molecule has 0 spiro atoms. The first kappa shape index (κ1) is 24.0. The van der Waals surface area contributed by atoms with Gasteiger partial charge in [0, 0.05) is 19.0 Å². The van der Waals surface area contributed by atoms with Gasteiger partial charge in [0.2, 0.25) is 15.9 Å². The van der Waals surface area contributed by atoms with Crippen molar-refractivity contribution in [1.29, 1.82) is 0 Å². The molecule has 1 fully saturated rings. The standard InChI is InChI=1S/C27H36N2O3S/c1-3-26(24-13-12-21-9-6-7-10-23(21)18-24)28-27(30)22-14-16-29(17-15-22)33(31,32)19-25-11-5-4-8-20(25)2/h4-5,8,11-13,18,22,26H,3,6-7,9-10,14-17,19H2,1-2H3,(H,28,30)/t26-/m1/s1. The number of fused-ring (bicyclic) bond motifs is 1. The van der Waals surface area contributed by atoms with Crippen LogP contribution < -0.4 is 5.32 Å². The highest BCUT2D eigenvalue weighted by molar-refractivity contribution is 7.88. The van der Waals surface area contributed by atoms with Gasteiger partial charge in [-0.15, -0.1) is 0 Å². The van der Waals surface area contributed by atoms with Gasteiger partial charge < -0.3 is 5.32 Å². The van der Waals surface area contributed by atoms with Crippen LogP contribution in [-0.2, 0) is 33.4 Å². The van der Waals surface area contributed by atoms with E-state index in [0.29, 0.717) is 25.9 Å². The number of sulfonamides is 1. The smallest absolute Gasteiger partial charge is 0.223 e. The highest BCUT2D eigenvalue weighted by atomic mass is 32.2. The summed E-state index contributed by atoms with van der Waals surface area (Å²) >= 11 is 0. The summed E-state index contributed by atoms with van der Waals surface area (Å²) in [4.78, 5) is 13.0. The molecule has 0 radical (unpaired) electrons. The predicted molar refractivity (Wildman–Crippen MR) is 132 cm³/mol. The highest BCUT2D eigenvalue weighted by Crippen LogP contribution is 2.28. The summed E-state index contributed by atoms with van der Waals surface area (Å²) in [7, 11) is -3.39. The lowest BCUT2D eigenvalue weighted by Crippen LogP contribution is -2.44. The number of hydrogen-bond acceptors (Lipinski definition) is 3. The summed E-state index contributed by atoms with van der Waals surface area (Å²) in [5, 5.41) is 3.25. The number of hydrogen-bond donors (Lipinski definition) is 1. The van der Waals surface area contributed by atoms with Crippen molar-refractivity contribution in [3.05, 3.63) is 70.3 Å². The van der Waals surface area contributed by atoms with Crippen LogP contribution in [0.25, 0.3) is 0 Å². The third-order valence-corrected chi connectivity index (χ3v) is 9.14. The molecule has 1 N–H and O–H groups in total. The van der Waals surface area contributed by atoms with Gasteiger partial charge in [-0.05, 0) is 79.7 Å². The first-order valence-electron chi connectivity index (χ1n) is 12.3. The van der Waals surface area contributed by atoms with Gasteiger partial charge in [-0.25, -0.2) is 12.7 Å². The third-order valence-electron chi connectivity index (χ3n) is 7.32. The van der Waals surface area contributed by atoms with Crippen LogP contribution in [0, 0.1) is 12.8 Å². The maximum absolute atomic E-state index is 13.0. The Morgan fingerprint density at radius 1 is 1.06 bits per heavy atom. The van der Waals surface area contributed by atoms with Crippen molar-refractivity contribution in [3.63, 3.8) is 0 Å². The minimum atomic E-state index is -3.39. The summed E-state index contributed by atoms with van der Waals surface area (Å²) in [6.45, 7) is 4.85. The Kier molecular flexibility index (Phi) is 7.55. The van der Waals surface area contributed by atoms with Gasteiger partial charge in [0.05, 0.1) is 11.8 Å². The number of nitrogens with zero attached hydrogens (tertiary/aromatic N) is 1. The molecule has 0 saturated carbocycles. The van der Waals surface area contributed by atoms with Crippen molar-refractivity contribution in [1.82, 2.24) is 9.62 Å². The van der Waals surface area contributed by atoms with Crippen LogP contribution in [0.15, 0.2) is 42.5 Å². The molecule has 1 atom stereocenters. The number of piperidine rings is 1. The van der Waals surface area contributed by atoms with E-state index < -0.39 is 10.0 Å². The van der Waals surface area contributed by atoms with Crippen LogP contribution in [0.1, 0.15) is 72.9 Å². The van der Waals surface area contributed by atoms with Crippen LogP contribution in [0.2, 0.25) is 0 Å². The number of nitrogens with one attached hydrogen (secondary N) is 1. The number of carbonyl (C=O) groups is 1. The molecular formula is C27H36N2O3S. The number of amides is 1. The van der Waals surface area contributed by atoms with Crippen LogP contribution in [0.4, 0.5) is 0 Å². The van der Waals surface area contributed by atoms with Gasteiger partial charge in [-0.1, -0.05) is 49.4 Å². The Balaban J connectivity index is 1.34. The van der Waals surface area contributed by atoms with Crippen LogP contribution in [0.3, 0.4) is 0 Å². The molecule has 2 aliphatic rings. The normalized spacial score (nSPS) is 18.5. The molecule has 4 rings (SSSR count). The van der Waals surface area contributed by atoms with Crippen molar-refractivity contribution in [2.75, 3.05) is 13.1 Å². The lowest BCUT2D eigenvalue weighted by atomic mass is 9.88. The SMILES string of the molecule is CC[C@@H](NC(=O)C1CCN(S(=O)(=O)Cc2ccccc2C)CC1)c1ccc2c(c1)CCCC2. The Hall–Kier alpha value is -2.18. The zero-order valence-corrected chi connectivity index (χ0v) is 20.7. The molecule has 0 unspecified atom stereocenters. The van der Waals surface area contributed by atoms with E-state index in [0.717, 1.165) is 30.4 Å². The van der Waals surface area contributed by atoms with Gasteiger partial charge in [-0.2, -0.15) is 0 Å². The molecule has 5 nitrogen and oxygen atoms in total. The second kappa shape index (κ2) is 10.4. The van der Waals surface area contributed by atoms with Gasteiger partial charge in [0.15, 0.2) is 0 Å². The summed E-state index contributed by atoms with van der Waals surface area (Å²) in [5.41, 5.74) is 5.89. The first-order chi connectivity index (χ1) is 15.9. The number of rotatable bonds is 7. The second-order valence-electron chi connectivity index (χ2n) is 9.56. The average Bonchev–Trinajstić information content (AvgIpc) is 2.83. The number of aryl methyl sites for hydroxylation is 3. The third kappa shape index (κ3) is 5.67. The van der Waals surface area contributed by atoms with Crippen LogP contribution in [0.5, 0.6) is 0 Å². The van der Waals surface area contributed by atoms with E-state index in [1.165, 1.54) is 29.5 Å². The molecule has 178 valence electrons. The van der Waals surface area contributed by atoms with Gasteiger partial charge in [-0.3, -0.25) is 4.79 Å². The Morgan fingerprint density at radius 3 is 2.45 bits per heavy atom. The van der Waals surface area contributed by atoms with Crippen LogP contribution in [-0.4, -0.2) is 31.7 Å². The predicted octanol–water partition coefficient (Wildman–Crippen LogP) is 4.68. The molecule has 0 aromatic heterocycles. The van der Waals surface area contributed by atoms with Crippen molar-refractivity contribution >= 4 is 15.9 Å². The van der Waals surface area contributed by atoms with Gasteiger partial charge >= 0.3 is 0 Å². The lowest BCUT2D eigenvalue weighted by molar-refractivity contribution is -0.126. The van der Waals surface area contributed by atoms with E-state index in [9.17, 15) is 13.2 Å². The summed E-state index contributed by atoms with van der Waals surface area (Å²) in [5.74, 6) is -0.0654. The molecule has 0 bridgehead atoms. The zero-order valence-electron chi connectivity index (χ0n) is 19.8. The largest absolute Gasteiger partial charge is 0.349 e. The molecule has 6 heteroatoms. The molecule has 1 amide bonds. The Bertz CT molecular complexity index is 1090. The van der Waals surface area contributed by atoms with E-state index in [1.54, 1.807) is 4.31 Å². The Labute approximate surface area is 198 Å². The van der Waals surface area contributed by atoms with Crippen LogP contribution >= 0.6 is 0 Å². The maximum Gasteiger partial charge on any atom is 0.223 e. The van der Waals surface area contributed by atoms with Crippen molar-refractivity contribution < 1.29 is 13.2 Å². The lowest BCUT2D eigenvalue weighted by Gasteiger charge is -2.31. The molecule has 1 heterocycles. The minimum absolute atomic E-state index is 0.00699. The number of benzene rings is 2. The first-order valence-corrected chi connectivity index (χ1v) is 13.9. The summed E-state index contributed by atoms with van der Waals surface area (Å²) in [6.07, 6.45) is 6.77. The van der Waals surface area contributed by atoms with E-state index in [-0.39, 0.29) is 23.6 Å². The van der Waals surface area contributed by atoms with Gasteiger partial charge in [0.1, 0.15) is 0 Å². The Morgan fingerprint density at radius 2 is 1.76 bits per heavy atom. The zero-order chi connectivity index (χ0) is 23.4. The van der Waals surface area contributed by atoms with E-state index >= 15 is 0 Å². The fraction of sp³-hybridized carbons (Fsp3) is 0.519. The van der Waals surface area contributed by atoms with E-state index in [2.05, 4.69) is 30.4 Å². The second-order valence-corrected chi connectivity index (χ2v) is 11.5. The summed E-state index contributed by atoms with van der Waals surface area (Å²) in [6, 6.07) is 14.3. The summed E-state index contributed by atoms with van der Waals surface area (Å²) < 4.78 is 27.4. The van der Waals surface area contributed by atoms with Crippen molar-refractivity contribution in [2.24, 2.45) is 5.92 Å².